The van der Waals surface area contributed by atoms with Gasteiger partial charge in [-0.15, -0.1) is 0 Å². The molecule has 0 saturated heterocycles. The number of fused-ring (bicyclic) bond motifs is 1. The van der Waals surface area contributed by atoms with Gasteiger partial charge in [-0.05, 0) is 60.5 Å². The first-order valence-corrected chi connectivity index (χ1v) is 10.4. The second-order valence-electron chi connectivity index (χ2n) is 7.76. The van der Waals surface area contributed by atoms with Crippen molar-refractivity contribution in [2.24, 2.45) is 0 Å². The summed E-state index contributed by atoms with van der Waals surface area (Å²) in [5.41, 5.74) is 1.96. The van der Waals surface area contributed by atoms with Gasteiger partial charge in [-0.3, -0.25) is 14.5 Å². The van der Waals surface area contributed by atoms with E-state index in [2.05, 4.69) is 5.32 Å². The van der Waals surface area contributed by atoms with Gasteiger partial charge >= 0.3 is 0 Å². The molecule has 0 bridgehead atoms. The Balaban J connectivity index is 1.69. The van der Waals surface area contributed by atoms with E-state index in [0.29, 0.717) is 35.0 Å². The van der Waals surface area contributed by atoms with Crippen LogP contribution in [0.1, 0.15) is 28.4 Å². The summed E-state index contributed by atoms with van der Waals surface area (Å²) in [5, 5.41) is 3.64. The van der Waals surface area contributed by atoms with Crippen LogP contribution in [0.3, 0.4) is 0 Å². The van der Waals surface area contributed by atoms with Crippen LogP contribution in [0.4, 0.5) is 5.69 Å². The summed E-state index contributed by atoms with van der Waals surface area (Å²) in [6, 6.07) is 21.9. The van der Waals surface area contributed by atoms with E-state index in [9.17, 15) is 9.59 Å². The number of hydrogen-bond acceptors (Lipinski definition) is 3. The molecular weight excluding hydrogens is 412 g/mol. The van der Waals surface area contributed by atoms with Gasteiger partial charge in [0.1, 0.15) is 11.3 Å². The highest BCUT2D eigenvalue weighted by molar-refractivity contribution is 6.30. The van der Waals surface area contributed by atoms with Crippen LogP contribution in [0, 0.1) is 0 Å². The summed E-state index contributed by atoms with van der Waals surface area (Å²) in [4.78, 5) is 28.6. The molecule has 0 unspecified atom stereocenters. The summed E-state index contributed by atoms with van der Waals surface area (Å²) in [6.45, 7) is 2.15. The highest BCUT2D eigenvalue weighted by atomic mass is 35.5. The predicted molar refractivity (Wildman–Crippen MR) is 122 cm³/mol. The molecule has 0 saturated carbocycles. The Bertz CT molecular complexity index is 1110. The Morgan fingerprint density at radius 3 is 2.42 bits per heavy atom. The van der Waals surface area contributed by atoms with Crippen LogP contribution in [-0.4, -0.2) is 24.5 Å². The number of anilines is 1. The van der Waals surface area contributed by atoms with E-state index in [-0.39, 0.29) is 11.8 Å². The van der Waals surface area contributed by atoms with Crippen LogP contribution < -0.4 is 15.0 Å². The van der Waals surface area contributed by atoms with Crippen molar-refractivity contribution in [1.82, 2.24) is 5.32 Å². The van der Waals surface area contributed by atoms with E-state index < -0.39 is 5.54 Å². The summed E-state index contributed by atoms with van der Waals surface area (Å²) >= 11 is 5.95. The molecule has 5 nitrogen and oxygen atoms in total. The van der Waals surface area contributed by atoms with Gasteiger partial charge in [0.05, 0.1) is 7.11 Å². The third-order valence-electron chi connectivity index (χ3n) is 5.67. The summed E-state index contributed by atoms with van der Waals surface area (Å²) < 4.78 is 5.24. The third kappa shape index (κ3) is 4.01. The molecule has 31 heavy (non-hydrogen) atoms. The number of halogens is 1. The topological polar surface area (TPSA) is 58.6 Å². The second-order valence-corrected chi connectivity index (χ2v) is 8.19. The minimum Gasteiger partial charge on any atom is -0.497 e. The molecule has 1 atom stereocenters. The van der Waals surface area contributed by atoms with E-state index in [1.165, 1.54) is 0 Å². The lowest BCUT2D eigenvalue weighted by Gasteiger charge is -2.44. The van der Waals surface area contributed by atoms with Gasteiger partial charge in [0.15, 0.2) is 0 Å². The molecule has 3 aromatic rings. The van der Waals surface area contributed by atoms with Gasteiger partial charge < -0.3 is 10.1 Å². The van der Waals surface area contributed by atoms with Crippen molar-refractivity contribution in [3.05, 3.63) is 94.5 Å². The molecule has 4 rings (SSSR count). The molecule has 0 radical (unpaired) electrons. The quantitative estimate of drug-likeness (QED) is 0.637. The van der Waals surface area contributed by atoms with Gasteiger partial charge in [0.25, 0.3) is 5.91 Å². The lowest BCUT2D eigenvalue weighted by molar-refractivity contribution is -0.126. The van der Waals surface area contributed by atoms with E-state index in [4.69, 9.17) is 16.3 Å². The normalized spacial score (nSPS) is 17.8. The molecule has 2 amide bonds. The van der Waals surface area contributed by atoms with E-state index in [1.807, 2.05) is 37.3 Å². The van der Waals surface area contributed by atoms with Crippen LogP contribution >= 0.6 is 11.6 Å². The SMILES string of the molecule is COc1ccc(N2C(=O)c3ccccc3C[C@]2(C)C(=O)NCc2ccc(Cl)cc2)cc1. The Morgan fingerprint density at radius 2 is 1.74 bits per heavy atom. The number of ether oxygens (including phenoxy) is 1. The predicted octanol–water partition coefficient (Wildman–Crippen LogP) is 4.63. The maximum atomic E-state index is 13.5. The molecule has 158 valence electrons. The van der Waals surface area contributed by atoms with Crippen molar-refractivity contribution in [3.63, 3.8) is 0 Å². The first-order chi connectivity index (χ1) is 14.9. The van der Waals surface area contributed by atoms with Gasteiger partial charge in [0, 0.05) is 29.2 Å². The van der Waals surface area contributed by atoms with Crippen LogP contribution in [0.15, 0.2) is 72.8 Å². The van der Waals surface area contributed by atoms with Crippen LogP contribution in [0.2, 0.25) is 5.02 Å². The van der Waals surface area contributed by atoms with E-state index in [0.717, 1.165) is 11.1 Å². The number of amides is 2. The summed E-state index contributed by atoms with van der Waals surface area (Å²) in [7, 11) is 1.59. The largest absolute Gasteiger partial charge is 0.497 e. The minimum atomic E-state index is -1.09. The first-order valence-electron chi connectivity index (χ1n) is 10.0. The lowest BCUT2D eigenvalue weighted by Crippen LogP contribution is -2.63. The van der Waals surface area contributed by atoms with Gasteiger partial charge in [0.2, 0.25) is 5.91 Å². The Morgan fingerprint density at radius 1 is 1.06 bits per heavy atom. The molecule has 0 fully saturated rings. The Hall–Kier alpha value is -3.31. The number of nitrogens with zero attached hydrogens (tertiary/aromatic N) is 1. The third-order valence-corrected chi connectivity index (χ3v) is 5.92. The highest BCUT2D eigenvalue weighted by Gasteiger charge is 2.47. The average Bonchev–Trinajstić information content (AvgIpc) is 2.79. The molecule has 0 aromatic heterocycles. The van der Waals surface area contributed by atoms with Gasteiger partial charge in [-0.1, -0.05) is 41.9 Å². The number of carbonyl (C=O) groups is 2. The first kappa shape index (κ1) is 20.9. The number of methoxy groups -OCH3 is 1. The standard InChI is InChI=1S/C25H23ClN2O3/c1-25(24(30)27-16-17-7-9-19(26)10-8-17)15-18-5-3-4-6-22(18)23(29)28(25)20-11-13-21(31-2)14-12-20/h3-14H,15-16H2,1-2H3,(H,27,30)/t25-/m1/s1. The number of rotatable bonds is 5. The molecule has 6 heteroatoms. The summed E-state index contributed by atoms with van der Waals surface area (Å²) in [6.07, 6.45) is 0.410. The fourth-order valence-electron chi connectivity index (χ4n) is 3.97. The number of benzene rings is 3. The average molecular weight is 435 g/mol. The number of nitrogens with one attached hydrogen (secondary N) is 1. The van der Waals surface area contributed by atoms with E-state index >= 15 is 0 Å². The van der Waals surface area contributed by atoms with Crippen LogP contribution in [0.5, 0.6) is 5.75 Å². The maximum absolute atomic E-state index is 13.5. The van der Waals surface area contributed by atoms with Crippen molar-refractivity contribution in [2.75, 3.05) is 12.0 Å². The molecular formula is C25H23ClN2O3. The molecule has 0 aliphatic carbocycles. The van der Waals surface area contributed by atoms with Crippen LogP contribution in [-0.2, 0) is 17.8 Å². The lowest BCUT2D eigenvalue weighted by atomic mass is 9.82. The van der Waals surface area contributed by atoms with Crippen molar-refractivity contribution in [3.8, 4) is 5.75 Å². The van der Waals surface area contributed by atoms with Crippen molar-refractivity contribution < 1.29 is 14.3 Å². The molecule has 1 aliphatic rings. The zero-order chi connectivity index (χ0) is 22.0. The number of carbonyl (C=O) groups excluding carboxylic acids is 2. The van der Waals surface area contributed by atoms with Gasteiger partial charge in [-0.25, -0.2) is 0 Å². The van der Waals surface area contributed by atoms with Crippen LogP contribution in [0.25, 0.3) is 0 Å². The molecule has 3 aromatic carbocycles. The molecule has 0 spiro atoms. The maximum Gasteiger partial charge on any atom is 0.259 e. The fourth-order valence-corrected chi connectivity index (χ4v) is 4.09. The van der Waals surface area contributed by atoms with Crippen molar-refractivity contribution in [2.45, 2.75) is 25.4 Å². The Labute approximate surface area is 186 Å². The zero-order valence-electron chi connectivity index (χ0n) is 17.4. The zero-order valence-corrected chi connectivity index (χ0v) is 18.1. The molecule has 1 aliphatic heterocycles. The monoisotopic (exact) mass is 434 g/mol. The molecule has 1 N–H and O–H groups in total. The summed E-state index contributed by atoms with van der Waals surface area (Å²) in [5.74, 6) is 0.264. The van der Waals surface area contributed by atoms with Crippen molar-refractivity contribution in [1.29, 1.82) is 0 Å². The highest BCUT2D eigenvalue weighted by Crippen LogP contribution is 2.36. The minimum absolute atomic E-state index is 0.198. The van der Waals surface area contributed by atoms with Gasteiger partial charge in [-0.2, -0.15) is 0 Å². The second kappa shape index (κ2) is 8.44. The Kier molecular flexibility index (Phi) is 5.70. The van der Waals surface area contributed by atoms with E-state index in [1.54, 1.807) is 54.5 Å². The fraction of sp³-hybridized carbons (Fsp3) is 0.200. The smallest absolute Gasteiger partial charge is 0.259 e. The molecule has 1 heterocycles. The van der Waals surface area contributed by atoms with Crippen molar-refractivity contribution >= 4 is 29.1 Å². The number of hydrogen-bond donors (Lipinski definition) is 1.